The number of carbonyl (C=O) groups excluding carboxylic acids is 3. The molecule has 1 aromatic heterocycles. The summed E-state index contributed by atoms with van der Waals surface area (Å²) in [7, 11) is 0. The molecule has 3 amide bonds. The topological polar surface area (TPSA) is 127 Å². The Kier molecular flexibility index (Phi) is 9.09. The molecule has 1 aromatic carbocycles. The van der Waals surface area contributed by atoms with E-state index in [9.17, 15) is 14.4 Å². The Balaban J connectivity index is 1.09. The molecule has 5 heterocycles. The molecule has 0 bridgehead atoms. The maximum absolute atomic E-state index is 16.2. The van der Waals surface area contributed by atoms with E-state index in [0.717, 1.165) is 71.2 Å². The quantitative estimate of drug-likeness (QED) is 0.363. The lowest BCUT2D eigenvalue weighted by molar-refractivity contribution is -0.157. The van der Waals surface area contributed by atoms with Crippen molar-refractivity contribution in [1.82, 2.24) is 24.9 Å². The van der Waals surface area contributed by atoms with Gasteiger partial charge in [-0.1, -0.05) is 6.92 Å². The molecule has 2 aromatic rings. The van der Waals surface area contributed by atoms with Gasteiger partial charge in [0, 0.05) is 50.4 Å². The molecule has 8 rings (SSSR count). The maximum atomic E-state index is 16.2. The van der Waals surface area contributed by atoms with E-state index in [1.54, 1.807) is 23.0 Å². The van der Waals surface area contributed by atoms with E-state index < -0.39 is 23.4 Å². The second-order valence-corrected chi connectivity index (χ2v) is 15.2. The first-order valence-corrected chi connectivity index (χ1v) is 18.6. The highest BCUT2D eigenvalue weighted by Crippen LogP contribution is 2.52. The third-order valence-electron chi connectivity index (χ3n) is 12.0. The number of nitrogens with zero attached hydrogens (tertiary/aromatic N) is 4. The lowest BCUT2D eigenvalue weighted by Crippen LogP contribution is -2.58. The van der Waals surface area contributed by atoms with Gasteiger partial charge < -0.3 is 29.7 Å². The van der Waals surface area contributed by atoms with Crippen LogP contribution in [-0.4, -0.2) is 101 Å². The lowest BCUT2D eigenvalue weighted by Gasteiger charge is -2.51. The summed E-state index contributed by atoms with van der Waals surface area (Å²) in [6, 6.07) is 3.89. The molecule has 2 N–H and O–H groups in total. The van der Waals surface area contributed by atoms with Gasteiger partial charge in [0.25, 0.3) is 5.91 Å². The molecule has 5 fully saturated rings. The van der Waals surface area contributed by atoms with Crippen molar-refractivity contribution in [1.29, 1.82) is 0 Å². The summed E-state index contributed by atoms with van der Waals surface area (Å²) in [6.07, 6.45) is 8.42. The van der Waals surface area contributed by atoms with Gasteiger partial charge in [0.2, 0.25) is 11.8 Å². The first-order chi connectivity index (χ1) is 24.3. The average Bonchev–Trinajstić information content (AvgIpc) is 4.04. The molecule has 13 heteroatoms. The van der Waals surface area contributed by atoms with E-state index in [4.69, 9.17) is 14.2 Å². The molecule has 2 aliphatic carbocycles. The summed E-state index contributed by atoms with van der Waals surface area (Å²) in [5.41, 5.74) is 0.466. The fourth-order valence-electron chi connectivity index (χ4n) is 8.69. The number of hydrogen-bond acceptors (Lipinski definition) is 8. The minimum atomic E-state index is -0.824. The standard InChI is InChI=1S/C37H49FN6O6/c1-3-25-18-43(32(45)21-49-25)30-17-37(10-13-42(14-11-37)24-19-48-20-24)50-31-16-28(27(38)15-26(30)31)40-36(47)34(33(22-5-6-22)23-7-8-23)41-35(46)29-9-12-39-44(29)4-2/h9,12,15-16,22-25,30,33-34H,3-8,10-11,13-14,17-21H2,1-2H3,(H,40,47)(H,41,46)/t25?,30?,34-/m0/s1. The number of hydrogen-bond donors (Lipinski definition) is 2. The number of benzene rings is 1. The van der Waals surface area contributed by atoms with Crippen LogP contribution < -0.4 is 15.4 Å². The predicted molar refractivity (Wildman–Crippen MR) is 181 cm³/mol. The molecule has 2 saturated carbocycles. The third-order valence-corrected chi connectivity index (χ3v) is 12.0. The van der Waals surface area contributed by atoms with Crippen LogP contribution in [0.1, 0.15) is 87.3 Å². The SMILES string of the molecule is CCC1CN(C2CC3(CCN(C4COC4)CC3)Oc3cc(NC(=O)[C@@H](NC(=O)c4ccnn4CC)C(C4CC4)C4CC4)c(F)cc32)C(=O)CO1. The molecule has 3 atom stereocenters. The van der Waals surface area contributed by atoms with Gasteiger partial charge in [-0.05, 0) is 81.8 Å². The Labute approximate surface area is 292 Å². The molecule has 2 unspecified atom stereocenters. The predicted octanol–water partition coefficient (Wildman–Crippen LogP) is 3.91. The van der Waals surface area contributed by atoms with E-state index in [1.807, 2.05) is 18.7 Å². The van der Waals surface area contributed by atoms with Crippen LogP contribution in [0.15, 0.2) is 24.4 Å². The van der Waals surface area contributed by atoms with Gasteiger partial charge in [-0.25, -0.2) is 4.39 Å². The van der Waals surface area contributed by atoms with Crippen LogP contribution in [0.4, 0.5) is 10.1 Å². The van der Waals surface area contributed by atoms with E-state index in [0.29, 0.717) is 54.4 Å². The van der Waals surface area contributed by atoms with Crippen LogP contribution in [0.3, 0.4) is 0 Å². The third kappa shape index (κ3) is 6.52. The number of morpholine rings is 1. The number of carbonyl (C=O) groups is 3. The summed E-state index contributed by atoms with van der Waals surface area (Å²) in [6.45, 7) is 8.08. The number of halogens is 1. The molecule has 6 aliphatic rings. The van der Waals surface area contributed by atoms with Crippen molar-refractivity contribution in [2.75, 3.05) is 44.8 Å². The van der Waals surface area contributed by atoms with Crippen molar-refractivity contribution >= 4 is 23.4 Å². The van der Waals surface area contributed by atoms with Gasteiger partial charge in [-0.2, -0.15) is 5.10 Å². The Hall–Kier alpha value is -3.55. The van der Waals surface area contributed by atoms with Crippen molar-refractivity contribution < 1.29 is 33.0 Å². The summed E-state index contributed by atoms with van der Waals surface area (Å²) in [5, 5.41) is 10.1. The van der Waals surface area contributed by atoms with E-state index in [1.165, 1.54) is 6.07 Å². The molecule has 12 nitrogen and oxygen atoms in total. The number of ether oxygens (including phenoxy) is 3. The Bertz CT molecular complexity index is 1600. The minimum absolute atomic E-state index is 0.000411. The van der Waals surface area contributed by atoms with Crippen molar-refractivity contribution in [3.8, 4) is 5.75 Å². The maximum Gasteiger partial charge on any atom is 0.270 e. The van der Waals surface area contributed by atoms with Gasteiger partial charge in [0.15, 0.2) is 0 Å². The second-order valence-electron chi connectivity index (χ2n) is 15.2. The van der Waals surface area contributed by atoms with Crippen LogP contribution in [0, 0.1) is 23.6 Å². The monoisotopic (exact) mass is 692 g/mol. The van der Waals surface area contributed by atoms with E-state index in [2.05, 4.69) is 20.6 Å². The zero-order chi connectivity index (χ0) is 34.6. The first-order valence-electron chi connectivity index (χ1n) is 18.6. The van der Waals surface area contributed by atoms with Gasteiger partial charge in [0.1, 0.15) is 35.5 Å². The number of aromatic nitrogens is 2. The number of nitrogens with one attached hydrogen (secondary N) is 2. The van der Waals surface area contributed by atoms with Crippen molar-refractivity contribution in [3.05, 3.63) is 41.5 Å². The molecular formula is C37H49FN6O6. The fraction of sp³-hybridized carbons (Fsp3) is 0.676. The van der Waals surface area contributed by atoms with Gasteiger partial charge in [-0.3, -0.25) is 24.0 Å². The number of piperidine rings is 1. The van der Waals surface area contributed by atoms with Crippen molar-refractivity contribution in [2.45, 2.75) is 102 Å². The molecule has 4 aliphatic heterocycles. The van der Waals surface area contributed by atoms with Gasteiger partial charge >= 0.3 is 0 Å². The number of rotatable bonds is 11. The number of aryl methyl sites for hydroxylation is 1. The minimum Gasteiger partial charge on any atom is -0.487 e. The van der Waals surface area contributed by atoms with E-state index >= 15 is 4.39 Å². The summed E-state index contributed by atoms with van der Waals surface area (Å²) >= 11 is 0. The average molecular weight is 693 g/mol. The Morgan fingerprint density at radius 2 is 1.84 bits per heavy atom. The zero-order valence-electron chi connectivity index (χ0n) is 29.1. The normalized spacial score (nSPS) is 25.9. The molecule has 3 saturated heterocycles. The zero-order valence-corrected chi connectivity index (χ0v) is 29.1. The summed E-state index contributed by atoms with van der Waals surface area (Å²) in [4.78, 5) is 45.4. The molecular weight excluding hydrogens is 643 g/mol. The van der Waals surface area contributed by atoms with Crippen LogP contribution in [0.5, 0.6) is 5.75 Å². The number of anilines is 1. The molecule has 1 spiro atoms. The highest BCUT2D eigenvalue weighted by Gasteiger charge is 2.50. The van der Waals surface area contributed by atoms with Crippen molar-refractivity contribution in [3.63, 3.8) is 0 Å². The fourth-order valence-corrected chi connectivity index (χ4v) is 8.69. The molecule has 270 valence electrons. The molecule has 0 radical (unpaired) electrons. The van der Waals surface area contributed by atoms with Crippen LogP contribution >= 0.6 is 0 Å². The van der Waals surface area contributed by atoms with Gasteiger partial charge in [-0.15, -0.1) is 0 Å². The van der Waals surface area contributed by atoms with Crippen LogP contribution in [0.2, 0.25) is 0 Å². The second kappa shape index (κ2) is 13.5. The molecule has 50 heavy (non-hydrogen) atoms. The summed E-state index contributed by atoms with van der Waals surface area (Å²) < 4.78 is 35.9. The first kappa shape index (κ1) is 33.6. The lowest BCUT2D eigenvalue weighted by atomic mass is 9.79. The highest BCUT2D eigenvalue weighted by atomic mass is 19.1. The van der Waals surface area contributed by atoms with E-state index in [-0.39, 0.29) is 42.2 Å². The Morgan fingerprint density at radius 3 is 2.48 bits per heavy atom. The summed E-state index contributed by atoms with van der Waals surface area (Å²) in [5.74, 6) is -0.349. The number of fused-ring (bicyclic) bond motifs is 1. The number of amides is 3. The van der Waals surface area contributed by atoms with Crippen LogP contribution in [-0.2, 0) is 25.6 Å². The Morgan fingerprint density at radius 1 is 1.10 bits per heavy atom. The number of likely N-dealkylation sites (tertiary alicyclic amines) is 1. The smallest absolute Gasteiger partial charge is 0.270 e. The van der Waals surface area contributed by atoms with Crippen LogP contribution in [0.25, 0.3) is 0 Å². The van der Waals surface area contributed by atoms with Gasteiger partial charge in [0.05, 0.1) is 37.1 Å². The largest absolute Gasteiger partial charge is 0.487 e. The highest BCUT2D eigenvalue weighted by molar-refractivity contribution is 6.01. The van der Waals surface area contributed by atoms with Crippen molar-refractivity contribution in [2.24, 2.45) is 17.8 Å².